The van der Waals surface area contributed by atoms with Crippen molar-refractivity contribution in [1.82, 2.24) is 20.4 Å². The lowest BCUT2D eigenvalue weighted by molar-refractivity contribution is -0.155. The van der Waals surface area contributed by atoms with Gasteiger partial charge in [-0.05, 0) is 24.6 Å². The molecule has 2 aliphatic heterocycles. The molecule has 0 spiro atoms. The minimum Gasteiger partial charge on any atom is -0.368 e. The second-order valence-corrected chi connectivity index (χ2v) is 7.21. The zero-order valence-electron chi connectivity index (χ0n) is 15.2. The number of nitrogens with one attached hydrogen (secondary N) is 2. The van der Waals surface area contributed by atoms with Gasteiger partial charge in [0.25, 0.3) is 0 Å². The van der Waals surface area contributed by atoms with Crippen LogP contribution in [0.3, 0.4) is 0 Å². The van der Waals surface area contributed by atoms with Gasteiger partial charge in [-0.15, -0.1) is 0 Å². The highest BCUT2D eigenvalue weighted by atomic mass is 19.4. The number of nitrogens with zero attached hydrogens (tertiary/aromatic N) is 3. The van der Waals surface area contributed by atoms with Crippen molar-refractivity contribution in [2.75, 3.05) is 24.5 Å². The third-order valence-corrected chi connectivity index (χ3v) is 5.37. The number of piperidine rings is 1. The molecule has 2 atom stereocenters. The standard InChI is InChI=1S/C18H20F3N5O2/c1-25-13-8-10(26-7-6-22-14(9-26)18(19,20)21)2-3-11(13)16(24-25)12-4-5-15(27)23-17(12)28/h2-3,8,12,14,22H,4-7,9H2,1H3,(H,23,27,28)/t12?,14-/m0/s1. The second kappa shape index (κ2) is 6.77. The maximum Gasteiger partial charge on any atom is 0.405 e. The Bertz CT molecular complexity index is 939. The summed E-state index contributed by atoms with van der Waals surface area (Å²) in [5.74, 6) is -1.17. The van der Waals surface area contributed by atoms with Gasteiger partial charge in [-0.2, -0.15) is 18.3 Å². The Morgan fingerprint density at radius 3 is 2.75 bits per heavy atom. The van der Waals surface area contributed by atoms with Crippen molar-refractivity contribution < 1.29 is 22.8 Å². The topological polar surface area (TPSA) is 79.3 Å². The maximum absolute atomic E-state index is 13.1. The van der Waals surface area contributed by atoms with Gasteiger partial charge in [0.1, 0.15) is 6.04 Å². The summed E-state index contributed by atoms with van der Waals surface area (Å²) in [7, 11) is 1.73. The van der Waals surface area contributed by atoms with Crippen LogP contribution < -0.4 is 15.5 Å². The minimum absolute atomic E-state index is 0.160. The molecule has 10 heteroatoms. The number of alkyl halides is 3. The molecule has 2 saturated heterocycles. The molecule has 0 aliphatic carbocycles. The number of carbonyl (C=O) groups is 2. The van der Waals surface area contributed by atoms with Crippen LogP contribution >= 0.6 is 0 Å². The monoisotopic (exact) mass is 395 g/mol. The molecule has 2 aliphatic rings. The zero-order valence-corrected chi connectivity index (χ0v) is 15.2. The summed E-state index contributed by atoms with van der Waals surface area (Å²) < 4.78 is 40.8. The molecule has 1 aromatic heterocycles. The molecule has 28 heavy (non-hydrogen) atoms. The second-order valence-electron chi connectivity index (χ2n) is 7.21. The van der Waals surface area contributed by atoms with Crippen LogP contribution in [0.4, 0.5) is 18.9 Å². The fraction of sp³-hybridized carbons (Fsp3) is 0.500. The van der Waals surface area contributed by atoms with E-state index in [0.29, 0.717) is 24.3 Å². The van der Waals surface area contributed by atoms with Gasteiger partial charge in [-0.25, -0.2) is 0 Å². The number of hydrogen-bond donors (Lipinski definition) is 2. The first kappa shape index (κ1) is 18.7. The van der Waals surface area contributed by atoms with Crippen LogP contribution in [-0.4, -0.2) is 53.4 Å². The summed E-state index contributed by atoms with van der Waals surface area (Å²) in [5.41, 5.74) is 2.00. The molecular weight excluding hydrogens is 375 g/mol. The summed E-state index contributed by atoms with van der Waals surface area (Å²) in [6.45, 7) is 0.553. The van der Waals surface area contributed by atoms with Gasteiger partial charge in [0.2, 0.25) is 11.8 Å². The zero-order chi connectivity index (χ0) is 20.1. The molecule has 2 N–H and O–H groups in total. The quantitative estimate of drug-likeness (QED) is 0.753. The molecule has 7 nitrogen and oxygen atoms in total. The molecule has 2 aromatic rings. The fourth-order valence-corrected chi connectivity index (χ4v) is 3.89. The van der Waals surface area contributed by atoms with Crippen molar-refractivity contribution >= 4 is 28.4 Å². The lowest BCUT2D eigenvalue weighted by atomic mass is 9.93. The Kier molecular flexibility index (Phi) is 4.53. The number of carbonyl (C=O) groups excluding carboxylic acids is 2. The number of piperazine rings is 1. The van der Waals surface area contributed by atoms with E-state index in [-0.39, 0.29) is 31.3 Å². The predicted molar refractivity (Wildman–Crippen MR) is 95.9 cm³/mol. The van der Waals surface area contributed by atoms with Gasteiger partial charge >= 0.3 is 6.18 Å². The van der Waals surface area contributed by atoms with Gasteiger partial charge < -0.3 is 10.2 Å². The van der Waals surface area contributed by atoms with Crippen molar-refractivity contribution in [2.45, 2.75) is 31.0 Å². The average molecular weight is 395 g/mol. The van der Waals surface area contributed by atoms with E-state index in [1.54, 1.807) is 34.8 Å². The normalized spacial score (nSPS) is 23.9. The van der Waals surface area contributed by atoms with Crippen LogP contribution in [-0.2, 0) is 16.6 Å². The lowest BCUT2D eigenvalue weighted by Gasteiger charge is -2.36. The van der Waals surface area contributed by atoms with Crippen molar-refractivity contribution in [2.24, 2.45) is 7.05 Å². The molecule has 0 saturated carbocycles. The van der Waals surface area contributed by atoms with E-state index in [2.05, 4.69) is 15.7 Å². The van der Waals surface area contributed by atoms with Gasteiger partial charge in [0, 0.05) is 44.2 Å². The van der Waals surface area contributed by atoms with E-state index in [0.717, 1.165) is 10.9 Å². The lowest BCUT2D eigenvalue weighted by Crippen LogP contribution is -2.57. The average Bonchev–Trinajstić information content (AvgIpc) is 2.97. The first-order valence-corrected chi connectivity index (χ1v) is 9.09. The molecule has 2 amide bonds. The first-order valence-electron chi connectivity index (χ1n) is 9.09. The Morgan fingerprint density at radius 2 is 2.04 bits per heavy atom. The number of rotatable bonds is 2. The van der Waals surface area contributed by atoms with E-state index >= 15 is 0 Å². The number of halogens is 3. The first-order chi connectivity index (χ1) is 13.2. The predicted octanol–water partition coefficient (Wildman–Crippen LogP) is 1.43. The Labute approximate surface area is 158 Å². The van der Waals surface area contributed by atoms with Crippen LogP contribution in [0, 0.1) is 0 Å². The van der Waals surface area contributed by atoms with Crippen LogP contribution in [0.2, 0.25) is 0 Å². The highest BCUT2D eigenvalue weighted by Crippen LogP contribution is 2.33. The van der Waals surface area contributed by atoms with Crippen LogP contribution in [0.25, 0.3) is 10.9 Å². The highest BCUT2D eigenvalue weighted by Gasteiger charge is 2.42. The van der Waals surface area contributed by atoms with Gasteiger partial charge in [0.15, 0.2) is 0 Å². The largest absolute Gasteiger partial charge is 0.405 e. The number of benzene rings is 1. The SMILES string of the molecule is Cn1nc(C2CCC(=O)NC2=O)c2ccc(N3CCN[C@H](C(F)(F)F)C3)cc21. The van der Waals surface area contributed by atoms with Crippen molar-refractivity contribution in [1.29, 1.82) is 0 Å². The molecule has 0 bridgehead atoms. The van der Waals surface area contributed by atoms with E-state index in [1.807, 2.05) is 0 Å². The van der Waals surface area contributed by atoms with Crippen LogP contribution in [0.15, 0.2) is 18.2 Å². The van der Waals surface area contributed by atoms with Gasteiger partial charge in [-0.1, -0.05) is 0 Å². The summed E-state index contributed by atoms with van der Waals surface area (Å²) in [6, 6.07) is 3.79. The molecule has 150 valence electrons. The molecule has 3 heterocycles. The maximum atomic E-state index is 13.1. The number of anilines is 1. The molecule has 1 unspecified atom stereocenters. The van der Waals surface area contributed by atoms with Gasteiger partial charge in [-0.3, -0.25) is 19.6 Å². The summed E-state index contributed by atoms with van der Waals surface area (Å²) in [6.07, 6.45) is -3.65. The number of aromatic nitrogens is 2. The minimum atomic E-state index is -4.30. The smallest absolute Gasteiger partial charge is 0.368 e. The number of fused-ring (bicyclic) bond motifs is 1. The van der Waals surface area contributed by atoms with Gasteiger partial charge in [0.05, 0.1) is 17.1 Å². The summed E-state index contributed by atoms with van der Waals surface area (Å²) >= 11 is 0. The van der Waals surface area contributed by atoms with Crippen LogP contribution in [0.1, 0.15) is 24.5 Å². The molecular formula is C18H20F3N5O2. The third kappa shape index (κ3) is 3.32. The third-order valence-electron chi connectivity index (χ3n) is 5.37. The van der Waals surface area contributed by atoms with E-state index in [1.165, 1.54) is 0 Å². The molecule has 2 fully saturated rings. The van der Waals surface area contributed by atoms with E-state index in [9.17, 15) is 22.8 Å². The summed E-state index contributed by atoms with van der Waals surface area (Å²) in [5, 5.41) is 10.1. The number of aryl methyl sites for hydroxylation is 1. The molecule has 1 aromatic carbocycles. The molecule has 0 radical (unpaired) electrons. The van der Waals surface area contributed by atoms with Crippen molar-refractivity contribution in [3.8, 4) is 0 Å². The number of amides is 2. The van der Waals surface area contributed by atoms with Crippen LogP contribution in [0.5, 0.6) is 0 Å². The van der Waals surface area contributed by atoms with Crippen molar-refractivity contribution in [3.05, 3.63) is 23.9 Å². The highest BCUT2D eigenvalue weighted by molar-refractivity contribution is 6.02. The molecule has 4 rings (SSSR count). The Morgan fingerprint density at radius 1 is 1.25 bits per heavy atom. The number of imide groups is 1. The summed E-state index contributed by atoms with van der Waals surface area (Å²) in [4.78, 5) is 25.3. The Balaban J connectivity index is 1.64. The Hall–Kier alpha value is -2.62. The van der Waals surface area contributed by atoms with E-state index in [4.69, 9.17) is 0 Å². The van der Waals surface area contributed by atoms with Crippen molar-refractivity contribution in [3.63, 3.8) is 0 Å². The fourth-order valence-electron chi connectivity index (χ4n) is 3.89. The van der Waals surface area contributed by atoms with E-state index < -0.39 is 18.1 Å². The number of hydrogen-bond acceptors (Lipinski definition) is 5.